The molecule has 5 nitrogen and oxygen atoms in total. The maximum absolute atomic E-state index is 12.0. The fourth-order valence-corrected chi connectivity index (χ4v) is 1.56. The second-order valence-electron chi connectivity index (χ2n) is 4.09. The van der Waals surface area contributed by atoms with E-state index >= 15 is 0 Å². The van der Waals surface area contributed by atoms with E-state index in [4.69, 9.17) is 5.11 Å². The first-order valence-corrected chi connectivity index (χ1v) is 5.83. The van der Waals surface area contributed by atoms with Gasteiger partial charge in [-0.25, -0.2) is 4.79 Å². The Kier molecular flexibility index (Phi) is 4.71. The molecule has 1 atom stereocenters. The van der Waals surface area contributed by atoms with E-state index in [-0.39, 0.29) is 0 Å². The standard InChI is InChI=1S/C13H18N2O3/c1-4-15(11-7-5-6-9(2)8-11)13(18)14-10(3)12(16)17/h5-8,10H,4H2,1-3H3,(H,14,18)(H,16,17)/t10-/m1/s1. The van der Waals surface area contributed by atoms with Gasteiger partial charge in [0.25, 0.3) is 0 Å². The minimum Gasteiger partial charge on any atom is -0.480 e. The molecule has 1 aromatic rings. The van der Waals surface area contributed by atoms with Gasteiger partial charge in [0, 0.05) is 12.2 Å². The van der Waals surface area contributed by atoms with E-state index < -0.39 is 18.0 Å². The van der Waals surface area contributed by atoms with E-state index in [0.717, 1.165) is 11.3 Å². The van der Waals surface area contributed by atoms with Gasteiger partial charge in [0.15, 0.2) is 0 Å². The Labute approximate surface area is 106 Å². The van der Waals surface area contributed by atoms with Crippen molar-refractivity contribution in [3.63, 3.8) is 0 Å². The number of urea groups is 1. The van der Waals surface area contributed by atoms with Crippen LogP contribution in [0, 0.1) is 6.92 Å². The Balaban J connectivity index is 2.83. The van der Waals surface area contributed by atoms with E-state index in [1.165, 1.54) is 11.8 Å². The summed E-state index contributed by atoms with van der Waals surface area (Å²) < 4.78 is 0. The Morgan fingerprint density at radius 1 is 1.44 bits per heavy atom. The number of carboxylic acids is 1. The van der Waals surface area contributed by atoms with Crippen LogP contribution in [0.1, 0.15) is 19.4 Å². The number of carboxylic acid groups (broad SMARTS) is 1. The highest BCUT2D eigenvalue weighted by Crippen LogP contribution is 2.15. The number of hydrogen-bond donors (Lipinski definition) is 2. The summed E-state index contributed by atoms with van der Waals surface area (Å²) in [5, 5.41) is 11.2. The molecule has 2 N–H and O–H groups in total. The van der Waals surface area contributed by atoms with E-state index in [0.29, 0.717) is 6.54 Å². The fraction of sp³-hybridized carbons (Fsp3) is 0.385. The molecule has 0 heterocycles. The average Bonchev–Trinajstić information content (AvgIpc) is 2.29. The number of aliphatic carboxylic acids is 1. The van der Waals surface area contributed by atoms with Crippen LogP contribution < -0.4 is 10.2 Å². The van der Waals surface area contributed by atoms with Gasteiger partial charge in [-0.15, -0.1) is 0 Å². The van der Waals surface area contributed by atoms with E-state index in [1.807, 2.05) is 38.1 Å². The van der Waals surface area contributed by atoms with E-state index in [1.54, 1.807) is 0 Å². The predicted octanol–water partition coefficient (Wildman–Crippen LogP) is 2.00. The lowest BCUT2D eigenvalue weighted by Crippen LogP contribution is -2.46. The van der Waals surface area contributed by atoms with Crippen molar-refractivity contribution in [2.24, 2.45) is 0 Å². The first-order chi connectivity index (χ1) is 8.45. The molecule has 5 heteroatoms. The lowest BCUT2D eigenvalue weighted by molar-refractivity contribution is -0.138. The molecule has 0 aromatic heterocycles. The minimum atomic E-state index is -1.05. The molecule has 2 amide bonds. The Bertz CT molecular complexity index is 446. The van der Waals surface area contributed by atoms with Crippen molar-refractivity contribution in [1.82, 2.24) is 5.32 Å². The van der Waals surface area contributed by atoms with E-state index in [9.17, 15) is 9.59 Å². The Morgan fingerprint density at radius 3 is 2.61 bits per heavy atom. The van der Waals surface area contributed by atoms with Gasteiger partial charge in [-0.2, -0.15) is 0 Å². The number of amides is 2. The third-order valence-corrected chi connectivity index (χ3v) is 2.59. The van der Waals surface area contributed by atoms with Crippen LogP contribution in [-0.2, 0) is 4.79 Å². The fourth-order valence-electron chi connectivity index (χ4n) is 1.56. The Morgan fingerprint density at radius 2 is 2.11 bits per heavy atom. The van der Waals surface area contributed by atoms with Gasteiger partial charge in [-0.1, -0.05) is 12.1 Å². The summed E-state index contributed by atoms with van der Waals surface area (Å²) in [6.45, 7) is 5.69. The van der Waals surface area contributed by atoms with Gasteiger partial charge in [-0.05, 0) is 38.5 Å². The third kappa shape index (κ3) is 3.48. The van der Waals surface area contributed by atoms with Crippen molar-refractivity contribution in [2.75, 3.05) is 11.4 Å². The molecule has 0 unspecified atom stereocenters. The van der Waals surface area contributed by atoms with Crippen molar-refractivity contribution >= 4 is 17.7 Å². The summed E-state index contributed by atoms with van der Waals surface area (Å²) in [6, 6.07) is 6.20. The SMILES string of the molecule is CCN(C(=O)N[C@H](C)C(=O)O)c1cccc(C)c1. The van der Waals surface area contributed by atoms with Crippen LogP contribution in [0.5, 0.6) is 0 Å². The molecular formula is C13H18N2O3. The zero-order valence-corrected chi connectivity index (χ0v) is 10.8. The molecule has 0 aliphatic heterocycles. The van der Waals surface area contributed by atoms with Crippen molar-refractivity contribution in [2.45, 2.75) is 26.8 Å². The van der Waals surface area contributed by atoms with Crippen molar-refractivity contribution in [3.05, 3.63) is 29.8 Å². The smallest absolute Gasteiger partial charge is 0.325 e. The number of anilines is 1. The summed E-state index contributed by atoms with van der Waals surface area (Å²) in [6.07, 6.45) is 0. The number of aryl methyl sites for hydroxylation is 1. The monoisotopic (exact) mass is 250 g/mol. The van der Waals surface area contributed by atoms with Gasteiger partial charge >= 0.3 is 12.0 Å². The summed E-state index contributed by atoms with van der Waals surface area (Å²) in [5.41, 5.74) is 1.80. The number of rotatable bonds is 4. The molecule has 0 aliphatic carbocycles. The van der Waals surface area contributed by atoms with Crippen molar-refractivity contribution in [3.8, 4) is 0 Å². The summed E-state index contributed by atoms with van der Waals surface area (Å²) in [5.74, 6) is -1.05. The van der Waals surface area contributed by atoms with Crippen LogP contribution in [0.2, 0.25) is 0 Å². The van der Waals surface area contributed by atoms with Crippen molar-refractivity contribution in [1.29, 1.82) is 0 Å². The Hall–Kier alpha value is -2.04. The molecule has 0 aliphatic rings. The predicted molar refractivity (Wildman–Crippen MR) is 69.8 cm³/mol. The highest BCUT2D eigenvalue weighted by molar-refractivity contribution is 5.94. The molecule has 0 bridgehead atoms. The second kappa shape index (κ2) is 6.05. The van der Waals surface area contributed by atoms with Crippen LogP contribution in [0.3, 0.4) is 0 Å². The second-order valence-corrected chi connectivity index (χ2v) is 4.09. The number of hydrogen-bond acceptors (Lipinski definition) is 2. The van der Waals surface area contributed by atoms with E-state index in [2.05, 4.69) is 5.32 Å². The maximum atomic E-state index is 12.0. The molecule has 0 saturated carbocycles. The quantitative estimate of drug-likeness (QED) is 0.858. The molecule has 0 fully saturated rings. The summed E-state index contributed by atoms with van der Waals surface area (Å²) in [7, 11) is 0. The van der Waals surface area contributed by atoms with Gasteiger partial charge in [0.05, 0.1) is 0 Å². The van der Waals surface area contributed by atoms with Gasteiger partial charge < -0.3 is 10.4 Å². The summed E-state index contributed by atoms with van der Waals surface area (Å²) in [4.78, 5) is 24.2. The molecule has 0 radical (unpaired) electrons. The van der Waals surface area contributed by atoms with Crippen LogP contribution in [0.25, 0.3) is 0 Å². The number of carbonyl (C=O) groups is 2. The van der Waals surface area contributed by atoms with Crippen LogP contribution in [0.15, 0.2) is 24.3 Å². The van der Waals surface area contributed by atoms with Crippen LogP contribution >= 0.6 is 0 Å². The van der Waals surface area contributed by atoms with Gasteiger partial charge in [0.1, 0.15) is 6.04 Å². The summed E-state index contributed by atoms with van der Waals surface area (Å²) >= 11 is 0. The topological polar surface area (TPSA) is 69.6 Å². The average molecular weight is 250 g/mol. The number of nitrogens with one attached hydrogen (secondary N) is 1. The lowest BCUT2D eigenvalue weighted by Gasteiger charge is -2.23. The zero-order valence-electron chi connectivity index (χ0n) is 10.8. The number of nitrogens with zero attached hydrogens (tertiary/aromatic N) is 1. The third-order valence-electron chi connectivity index (χ3n) is 2.59. The zero-order chi connectivity index (χ0) is 13.7. The number of carbonyl (C=O) groups excluding carboxylic acids is 1. The van der Waals surface area contributed by atoms with Crippen LogP contribution in [-0.4, -0.2) is 29.7 Å². The largest absolute Gasteiger partial charge is 0.480 e. The highest BCUT2D eigenvalue weighted by Gasteiger charge is 2.19. The molecule has 18 heavy (non-hydrogen) atoms. The van der Waals surface area contributed by atoms with Gasteiger partial charge in [0.2, 0.25) is 0 Å². The van der Waals surface area contributed by atoms with Gasteiger partial charge in [-0.3, -0.25) is 9.69 Å². The molecule has 1 aromatic carbocycles. The molecule has 98 valence electrons. The normalized spacial score (nSPS) is 11.7. The molecule has 0 saturated heterocycles. The molecule has 0 spiro atoms. The lowest BCUT2D eigenvalue weighted by atomic mass is 10.2. The first kappa shape index (κ1) is 14.0. The highest BCUT2D eigenvalue weighted by atomic mass is 16.4. The molecular weight excluding hydrogens is 232 g/mol. The number of benzene rings is 1. The van der Waals surface area contributed by atoms with Crippen molar-refractivity contribution < 1.29 is 14.7 Å². The first-order valence-electron chi connectivity index (χ1n) is 5.83. The maximum Gasteiger partial charge on any atom is 0.325 e. The van der Waals surface area contributed by atoms with Crippen LogP contribution in [0.4, 0.5) is 10.5 Å². The molecule has 1 rings (SSSR count). The minimum absolute atomic E-state index is 0.405.